The Morgan fingerprint density at radius 1 is 1.12 bits per heavy atom. The van der Waals surface area contributed by atoms with Gasteiger partial charge in [-0.15, -0.1) is 0 Å². The molecule has 2 aliphatic heterocycles. The molecule has 33 heavy (non-hydrogen) atoms. The van der Waals surface area contributed by atoms with Crippen LogP contribution in [0.1, 0.15) is 40.5 Å². The Morgan fingerprint density at radius 2 is 1.79 bits per heavy atom. The highest BCUT2D eigenvalue weighted by Gasteiger charge is 2.43. The number of morpholine rings is 1. The number of anilines is 4. The Bertz CT molecular complexity index is 952. The van der Waals surface area contributed by atoms with Crippen LogP contribution in [0.15, 0.2) is 30.5 Å². The van der Waals surface area contributed by atoms with Gasteiger partial charge >= 0.3 is 0 Å². The number of ether oxygens (including phenoxy) is 1. The third-order valence-electron chi connectivity index (χ3n) is 6.92. The van der Waals surface area contributed by atoms with Crippen LogP contribution in [0.25, 0.3) is 0 Å². The smallest absolute Gasteiger partial charge is 0.229 e. The first kappa shape index (κ1) is 24.0. The zero-order valence-electron chi connectivity index (χ0n) is 20.0. The van der Waals surface area contributed by atoms with Crippen molar-refractivity contribution in [1.82, 2.24) is 14.9 Å². The monoisotopic (exact) mass is 476 g/mol. The number of hydrogen-bond donors (Lipinski definition) is 2. The van der Waals surface area contributed by atoms with Crippen LogP contribution >= 0.6 is 11.6 Å². The first-order chi connectivity index (χ1) is 15.5. The van der Waals surface area contributed by atoms with E-state index in [4.69, 9.17) is 16.3 Å². The lowest BCUT2D eigenvalue weighted by Crippen LogP contribution is -2.61. The lowest BCUT2D eigenvalue weighted by molar-refractivity contribution is -0.00778. The number of hydrogen-bond acceptors (Lipinski definition) is 7. The van der Waals surface area contributed by atoms with E-state index in [0.717, 1.165) is 30.8 Å². The van der Waals surface area contributed by atoms with E-state index in [1.165, 1.54) is 6.20 Å². The Morgan fingerprint density at radius 3 is 2.42 bits per heavy atom. The minimum Gasteiger partial charge on any atom is -0.376 e. The van der Waals surface area contributed by atoms with E-state index in [-0.39, 0.29) is 28.4 Å². The predicted molar refractivity (Wildman–Crippen MR) is 132 cm³/mol. The van der Waals surface area contributed by atoms with Crippen LogP contribution in [-0.2, 0) is 4.74 Å². The Labute approximate surface area is 200 Å². The molecule has 1 unspecified atom stereocenters. The minimum absolute atomic E-state index is 0.00568. The third-order valence-corrected chi connectivity index (χ3v) is 7.28. The van der Waals surface area contributed by atoms with Crippen molar-refractivity contribution in [2.24, 2.45) is 0 Å². The summed E-state index contributed by atoms with van der Waals surface area (Å²) in [6, 6.07) is 7.98. The molecule has 7 nitrogen and oxygen atoms in total. The van der Waals surface area contributed by atoms with Crippen molar-refractivity contribution < 1.29 is 9.13 Å². The Hall–Kier alpha value is -2.16. The Balaban J connectivity index is 1.45. The molecule has 2 aliphatic rings. The molecule has 4 rings (SSSR count). The van der Waals surface area contributed by atoms with Crippen molar-refractivity contribution in [3.63, 3.8) is 0 Å². The first-order valence-electron chi connectivity index (χ1n) is 11.4. The second-order valence-corrected chi connectivity index (χ2v) is 10.7. The normalized spacial score (nSPS) is 23.4. The van der Waals surface area contributed by atoms with Crippen molar-refractivity contribution in [3.05, 3.63) is 36.3 Å². The van der Waals surface area contributed by atoms with E-state index >= 15 is 0 Å². The molecular formula is C24H34ClFN6O. The molecule has 0 spiro atoms. The van der Waals surface area contributed by atoms with E-state index in [9.17, 15) is 4.39 Å². The molecule has 0 aliphatic carbocycles. The molecule has 180 valence electrons. The summed E-state index contributed by atoms with van der Waals surface area (Å²) in [6.07, 6.45) is 3.00. The molecule has 2 fully saturated rings. The second kappa shape index (κ2) is 9.24. The molecule has 1 aromatic carbocycles. The zero-order valence-corrected chi connectivity index (χ0v) is 20.8. The molecular weight excluding hydrogens is 443 g/mol. The SMILES string of the molecule is CN1C(C)(C)CC(Nc2nc(Nc3ccc(N4CCOCC4Cl)cc3)ncc2F)CC1(C)C. The summed E-state index contributed by atoms with van der Waals surface area (Å²) in [5.41, 5.74) is 1.65. The van der Waals surface area contributed by atoms with Gasteiger partial charge in [-0.05, 0) is 71.8 Å². The highest BCUT2D eigenvalue weighted by Crippen LogP contribution is 2.38. The van der Waals surface area contributed by atoms with Gasteiger partial charge in [-0.1, -0.05) is 11.6 Å². The largest absolute Gasteiger partial charge is 0.376 e. The first-order valence-corrected chi connectivity index (χ1v) is 11.9. The number of alkyl halides is 1. The molecule has 0 saturated carbocycles. The maximum Gasteiger partial charge on any atom is 0.229 e. The number of halogens is 2. The topological polar surface area (TPSA) is 65.5 Å². The summed E-state index contributed by atoms with van der Waals surface area (Å²) >= 11 is 6.36. The van der Waals surface area contributed by atoms with Crippen LogP contribution in [-0.4, -0.2) is 64.3 Å². The highest BCUT2D eigenvalue weighted by atomic mass is 35.5. The number of benzene rings is 1. The lowest BCUT2D eigenvalue weighted by atomic mass is 9.77. The summed E-state index contributed by atoms with van der Waals surface area (Å²) in [5, 5.41) is 6.51. The van der Waals surface area contributed by atoms with Gasteiger partial charge in [0.15, 0.2) is 11.6 Å². The maximum atomic E-state index is 14.6. The quantitative estimate of drug-likeness (QED) is 0.473. The number of aromatic nitrogens is 2. The lowest BCUT2D eigenvalue weighted by Gasteiger charge is -2.53. The number of piperidine rings is 1. The predicted octanol–water partition coefficient (Wildman–Crippen LogP) is 4.82. The standard InChI is InChI=1S/C24H34ClFN6O/c1-23(2)12-17(13-24(3,4)31(23)5)28-21-19(26)14-27-22(30-21)29-16-6-8-18(9-7-16)32-10-11-33-15-20(32)25/h6-9,14,17,20H,10-13,15H2,1-5H3,(H2,27,28,29,30). The van der Waals surface area contributed by atoms with Crippen LogP contribution in [0.5, 0.6) is 0 Å². The molecule has 2 saturated heterocycles. The summed E-state index contributed by atoms with van der Waals surface area (Å²) in [7, 11) is 2.15. The summed E-state index contributed by atoms with van der Waals surface area (Å²) in [4.78, 5) is 13.1. The van der Waals surface area contributed by atoms with Crippen molar-refractivity contribution in [3.8, 4) is 0 Å². The van der Waals surface area contributed by atoms with Crippen LogP contribution in [0.3, 0.4) is 0 Å². The average molecular weight is 477 g/mol. The van der Waals surface area contributed by atoms with Gasteiger partial charge in [0.2, 0.25) is 5.95 Å². The second-order valence-electron chi connectivity index (χ2n) is 10.2. The van der Waals surface area contributed by atoms with Crippen molar-refractivity contribution in [2.45, 2.75) is 63.2 Å². The molecule has 0 radical (unpaired) electrons. The van der Waals surface area contributed by atoms with Crippen LogP contribution in [0.2, 0.25) is 0 Å². The third kappa shape index (κ3) is 5.34. The van der Waals surface area contributed by atoms with E-state index in [2.05, 4.69) is 65.1 Å². The summed E-state index contributed by atoms with van der Waals surface area (Å²) in [6.45, 7) is 10.8. The van der Waals surface area contributed by atoms with Crippen LogP contribution < -0.4 is 15.5 Å². The van der Waals surface area contributed by atoms with Gasteiger partial charge in [0.25, 0.3) is 0 Å². The van der Waals surface area contributed by atoms with Gasteiger partial charge in [0.1, 0.15) is 5.50 Å². The van der Waals surface area contributed by atoms with Gasteiger partial charge in [0, 0.05) is 35.0 Å². The number of rotatable bonds is 5. The van der Waals surface area contributed by atoms with Crippen LogP contribution in [0.4, 0.5) is 27.5 Å². The van der Waals surface area contributed by atoms with E-state index in [1.807, 2.05) is 24.3 Å². The van der Waals surface area contributed by atoms with E-state index < -0.39 is 5.82 Å². The maximum absolute atomic E-state index is 14.6. The van der Waals surface area contributed by atoms with Crippen LogP contribution in [0, 0.1) is 5.82 Å². The average Bonchev–Trinajstić information content (AvgIpc) is 2.75. The van der Waals surface area contributed by atoms with E-state index in [1.54, 1.807) is 0 Å². The molecule has 2 aromatic rings. The van der Waals surface area contributed by atoms with Gasteiger partial charge in [-0.2, -0.15) is 4.98 Å². The fourth-order valence-corrected chi connectivity index (χ4v) is 5.22. The molecule has 9 heteroatoms. The number of likely N-dealkylation sites (tertiary alicyclic amines) is 1. The number of nitrogens with zero attached hydrogens (tertiary/aromatic N) is 4. The molecule has 1 atom stereocenters. The molecule has 1 aromatic heterocycles. The van der Waals surface area contributed by atoms with Gasteiger partial charge in [-0.3, -0.25) is 4.90 Å². The zero-order chi connectivity index (χ0) is 23.8. The van der Waals surface area contributed by atoms with E-state index in [0.29, 0.717) is 19.2 Å². The molecule has 0 amide bonds. The van der Waals surface area contributed by atoms with Gasteiger partial charge in [-0.25, -0.2) is 9.37 Å². The highest BCUT2D eigenvalue weighted by molar-refractivity contribution is 6.22. The summed E-state index contributed by atoms with van der Waals surface area (Å²) in [5.74, 6) is 0.120. The van der Waals surface area contributed by atoms with Gasteiger partial charge in [0.05, 0.1) is 19.4 Å². The summed E-state index contributed by atoms with van der Waals surface area (Å²) < 4.78 is 20.0. The minimum atomic E-state index is -0.453. The molecule has 2 N–H and O–H groups in total. The van der Waals surface area contributed by atoms with Gasteiger partial charge < -0.3 is 20.3 Å². The Kier molecular flexibility index (Phi) is 6.71. The van der Waals surface area contributed by atoms with Crippen molar-refractivity contribution in [1.29, 1.82) is 0 Å². The van der Waals surface area contributed by atoms with Crippen molar-refractivity contribution >= 4 is 34.7 Å². The fraction of sp³-hybridized carbons (Fsp3) is 0.583. The molecule has 3 heterocycles. The fourth-order valence-electron chi connectivity index (χ4n) is 4.93. The number of nitrogens with one attached hydrogen (secondary N) is 2. The molecule has 0 bridgehead atoms. The van der Waals surface area contributed by atoms with Crippen molar-refractivity contribution in [2.75, 3.05) is 42.3 Å².